The topological polar surface area (TPSA) is 123 Å². The third kappa shape index (κ3) is 15.6. The minimum absolute atomic E-state index is 0.0206. The Morgan fingerprint density at radius 2 is 0.773 bits per heavy atom. The first-order valence-electron chi connectivity index (χ1n) is 31.6. The maximum atomic E-state index is 11.1. The number of anilines is 2. The van der Waals surface area contributed by atoms with Crippen LogP contribution in [0.2, 0.25) is 0 Å². The quantitative estimate of drug-likeness (QED) is 0.0640. The van der Waals surface area contributed by atoms with Crippen LogP contribution < -0.4 is 10.0 Å². The monoisotopic (exact) mass is 1250 g/mol. The van der Waals surface area contributed by atoms with Gasteiger partial charge in [0.2, 0.25) is 0 Å². The fourth-order valence-electron chi connectivity index (χ4n) is 11.6. The lowest BCUT2D eigenvalue weighted by atomic mass is 9.96. The Balaban J connectivity index is 0.000000156. The van der Waals surface area contributed by atoms with Crippen molar-refractivity contribution < 1.29 is 14.3 Å². The summed E-state index contributed by atoms with van der Waals surface area (Å²) in [5.41, 5.74) is 18.2. The maximum Gasteiger partial charge on any atom is 0.269 e. The molecule has 10 aromatic carbocycles. The first-order chi connectivity index (χ1) is 47.7. The number of aldehydes is 1. The Hall–Kier alpha value is -13.5. The molecule has 0 fully saturated rings. The predicted octanol–water partition coefficient (Wildman–Crippen LogP) is 20.6. The van der Waals surface area contributed by atoms with Crippen molar-refractivity contribution in [1.82, 2.24) is 0 Å². The molecule has 464 valence electrons. The van der Waals surface area contributed by atoms with Gasteiger partial charge in [0.05, 0.1) is 60.2 Å². The first kappa shape index (κ1) is 63.7. The molecule has 2 atom stereocenters. The normalized spacial score (nSPS) is 16.3. The summed E-state index contributed by atoms with van der Waals surface area (Å²) in [6, 6.07) is 98.3. The highest BCUT2D eigenvalue weighted by Gasteiger charge is 2.32. The van der Waals surface area contributed by atoms with Gasteiger partial charge in [-0.05, 0) is 135 Å². The molecule has 4 aliphatic heterocycles. The molecule has 11 heteroatoms. The number of ether oxygens (including phenoxy) is 2. The molecule has 4 heterocycles. The molecule has 0 amide bonds. The minimum atomic E-state index is 0.0206. The van der Waals surface area contributed by atoms with Crippen molar-refractivity contribution in [2.45, 2.75) is 31.8 Å². The molecule has 97 heavy (non-hydrogen) atoms. The Morgan fingerprint density at radius 1 is 0.423 bits per heavy atom. The molecule has 0 aliphatic carbocycles. The van der Waals surface area contributed by atoms with Crippen LogP contribution in [0.4, 0.5) is 11.4 Å². The van der Waals surface area contributed by atoms with Gasteiger partial charge in [-0.2, -0.15) is 10.2 Å². The number of hydrazone groups is 2. The summed E-state index contributed by atoms with van der Waals surface area (Å²) in [5.74, 6) is 2.45. The maximum absolute atomic E-state index is 11.1. The molecule has 0 N–H and O–H groups in total. The van der Waals surface area contributed by atoms with Crippen LogP contribution in [-0.2, 0) is 9.47 Å². The van der Waals surface area contributed by atoms with Crippen molar-refractivity contribution in [3.05, 3.63) is 411 Å². The smallest absolute Gasteiger partial charge is 0.269 e. The lowest BCUT2D eigenvalue weighted by Crippen LogP contribution is -2.18. The van der Waals surface area contributed by atoms with Crippen LogP contribution >= 0.6 is 0 Å². The van der Waals surface area contributed by atoms with Crippen molar-refractivity contribution in [3.63, 3.8) is 0 Å². The number of nitriles is 2. The fourth-order valence-corrected chi connectivity index (χ4v) is 11.6. The number of hydrogen-bond acceptors (Lipinski definition) is 9. The molecular weight excluding hydrogens is 1190 g/mol. The highest BCUT2D eigenvalue weighted by Crippen LogP contribution is 2.40. The molecule has 14 rings (SSSR count). The van der Waals surface area contributed by atoms with Gasteiger partial charge in [0.15, 0.2) is 0 Å². The van der Waals surface area contributed by atoms with E-state index < -0.39 is 0 Å². The van der Waals surface area contributed by atoms with E-state index in [-0.39, 0.29) is 23.5 Å². The van der Waals surface area contributed by atoms with Crippen LogP contribution in [0, 0.1) is 35.8 Å². The number of rotatable bonds is 13. The Kier molecular flexibility index (Phi) is 20.2. The molecule has 10 aromatic rings. The Bertz CT molecular complexity index is 4900. The summed E-state index contributed by atoms with van der Waals surface area (Å²) in [5, 5.41) is 32.7. The van der Waals surface area contributed by atoms with Crippen LogP contribution in [0.15, 0.2) is 354 Å². The van der Waals surface area contributed by atoms with E-state index in [0.717, 1.165) is 69.7 Å². The first-order valence-corrected chi connectivity index (χ1v) is 31.6. The number of carbonyl (C=O) groups is 1. The van der Waals surface area contributed by atoms with Crippen molar-refractivity contribution in [1.29, 1.82) is 10.5 Å². The number of benzene rings is 10. The highest BCUT2D eigenvalue weighted by atomic mass is 16.5. The van der Waals surface area contributed by atoms with Crippen LogP contribution in [0.3, 0.4) is 0 Å². The third-order valence-corrected chi connectivity index (χ3v) is 16.6. The van der Waals surface area contributed by atoms with Gasteiger partial charge in [-0.3, -0.25) is 14.8 Å². The summed E-state index contributed by atoms with van der Waals surface area (Å²) in [7, 11) is 0. The SMILES string of the molecule is O=Cc1ccc(N2N=C(c3ccccc3)CC2c2ccc(-c3ccccc3)cc2)cc1.[C-]#[N+]/C(C#N)=C1/C=C(C)OC(c2ccccc2)=C1.[C-]#[N+]/C(C#N)=C1C=C(/C=C/c2ccc(N3N=C(c4ccccc4)CC3c3ccc(-c4ccccc4)cc3)cc2)OC(c2ccccc2)=C/1. The third-order valence-electron chi connectivity index (χ3n) is 16.6. The highest BCUT2D eigenvalue weighted by molar-refractivity contribution is 6.04. The van der Waals surface area contributed by atoms with Gasteiger partial charge in [0, 0.05) is 29.5 Å². The van der Waals surface area contributed by atoms with Crippen LogP contribution in [0.5, 0.6) is 0 Å². The van der Waals surface area contributed by atoms with Gasteiger partial charge in [0.1, 0.15) is 29.3 Å². The zero-order valence-electron chi connectivity index (χ0n) is 53.0. The largest absolute Gasteiger partial charge is 0.461 e. The Morgan fingerprint density at radius 3 is 1.15 bits per heavy atom. The minimum Gasteiger partial charge on any atom is -0.461 e. The molecule has 4 aliphatic rings. The van der Waals surface area contributed by atoms with Gasteiger partial charge in [-0.1, -0.05) is 249 Å². The number of carbonyl (C=O) groups excluding carboxylic acids is 1. The van der Waals surface area contributed by atoms with Crippen molar-refractivity contribution in [3.8, 4) is 34.4 Å². The molecular formula is C86H62N8O3. The van der Waals surface area contributed by atoms with E-state index in [1.165, 1.54) is 33.4 Å². The molecule has 0 bridgehead atoms. The molecule has 0 aromatic heterocycles. The van der Waals surface area contributed by atoms with Gasteiger partial charge in [-0.15, -0.1) is 0 Å². The zero-order chi connectivity index (χ0) is 66.7. The fraction of sp³-hybridized carbons (Fsp3) is 0.0581. The van der Waals surface area contributed by atoms with E-state index in [1.807, 2.05) is 146 Å². The molecule has 0 spiro atoms. The molecule has 0 radical (unpaired) electrons. The number of allylic oxidation sites excluding steroid dienone is 10. The average molecular weight is 1260 g/mol. The second kappa shape index (κ2) is 30.8. The summed E-state index contributed by atoms with van der Waals surface area (Å²) in [6.45, 7) is 16.2. The second-order valence-corrected chi connectivity index (χ2v) is 22.9. The standard InChI is InChI=1S/C43H30N4O.C28H22N2O.C15H10N2O/c1-45-41(30-44)37-27-39(48-43(28-37)36-15-9-4-10-16-36)26-19-31-17-24-38(25-18-31)47-42(29-40(46-47)34-13-7-3-8-14-34)35-22-20-33(21-23-35)32-11-5-2-6-12-32;31-20-21-11-17-26(18-12-21)30-28(19-27(29-30)24-9-5-2-6-10-24)25-15-13-23(14-16-25)22-7-3-1-4-8-22;1-11-8-13(14(10-16)17-2)9-15(18-11)12-6-4-3-5-7-12/h2-28,42H,29H2;1-18,20,28H,19H2;3-9H,1H3/b26-19+,41-37-;;14-13-. The molecule has 11 nitrogen and oxygen atoms in total. The average Bonchev–Trinajstić information content (AvgIpc) is 1.72. The van der Waals surface area contributed by atoms with Crippen molar-refractivity contribution >= 4 is 46.7 Å². The molecule has 2 unspecified atom stereocenters. The summed E-state index contributed by atoms with van der Waals surface area (Å²) < 4.78 is 11.8. The van der Waals surface area contributed by atoms with E-state index in [0.29, 0.717) is 39.7 Å². The van der Waals surface area contributed by atoms with E-state index >= 15 is 0 Å². The van der Waals surface area contributed by atoms with Crippen molar-refractivity contribution in [2.24, 2.45) is 10.2 Å². The van der Waals surface area contributed by atoms with Crippen LogP contribution in [0.25, 0.3) is 49.5 Å². The van der Waals surface area contributed by atoms with Gasteiger partial charge >= 0.3 is 0 Å². The van der Waals surface area contributed by atoms with E-state index in [2.05, 4.69) is 177 Å². The lowest BCUT2D eigenvalue weighted by Gasteiger charge is -2.24. The van der Waals surface area contributed by atoms with Gasteiger partial charge in [-0.25, -0.2) is 20.2 Å². The Labute approximate surface area is 565 Å². The predicted molar refractivity (Wildman–Crippen MR) is 388 cm³/mol. The van der Waals surface area contributed by atoms with E-state index in [9.17, 15) is 10.1 Å². The van der Waals surface area contributed by atoms with Crippen LogP contribution in [-0.4, -0.2) is 17.7 Å². The number of hydrogen-bond donors (Lipinski definition) is 0. The molecule has 0 saturated carbocycles. The van der Waals surface area contributed by atoms with E-state index in [4.69, 9.17) is 38.1 Å². The summed E-state index contributed by atoms with van der Waals surface area (Å²) in [4.78, 5) is 17.7. The van der Waals surface area contributed by atoms with Crippen LogP contribution in [0.1, 0.15) is 81.2 Å². The van der Waals surface area contributed by atoms with E-state index in [1.54, 1.807) is 31.2 Å². The van der Waals surface area contributed by atoms with Crippen molar-refractivity contribution in [2.75, 3.05) is 10.0 Å². The van der Waals surface area contributed by atoms with Gasteiger partial charge < -0.3 is 9.47 Å². The molecule has 0 saturated heterocycles. The zero-order valence-corrected chi connectivity index (χ0v) is 53.0. The number of nitrogens with zero attached hydrogens (tertiary/aromatic N) is 8. The summed E-state index contributed by atoms with van der Waals surface area (Å²) in [6.07, 6.45) is 13.2. The summed E-state index contributed by atoms with van der Waals surface area (Å²) >= 11 is 0. The second-order valence-electron chi connectivity index (χ2n) is 22.9. The lowest BCUT2D eigenvalue weighted by molar-refractivity contribution is 0.112. The van der Waals surface area contributed by atoms with Gasteiger partial charge in [0.25, 0.3) is 11.4 Å².